The van der Waals surface area contributed by atoms with E-state index in [0.29, 0.717) is 11.4 Å². The average molecular weight is 361 g/mol. The van der Waals surface area contributed by atoms with E-state index in [-0.39, 0.29) is 0 Å². The standard InChI is InChI=1S/C21H23N5O/c1-2-25-14-16(10-18(25)12-22)13-24-8-9-26-19(15-24)11-20(23-26)21(27)17-6-4-3-5-7-17/h3-7,10-11,14,21,27H,2,8-9,13,15H2,1H3/t21-/m1/s1. The molecule has 3 heterocycles. The summed E-state index contributed by atoms with van der Waals surface area (Å²) in [5, 5.41) is 24.4. The second-order valence-electron chi connectivity index (χ2n) is 6.94. The molecule has 6 heteroatoms. The third-order valence-electron chi connectivity index (χ3n) is 5.11. The van der Waals surface area contributed by atoms with Crippen molar-refractivity contribution in [3.63, 3.8) is 0 Å². The fourth-order valence-electron chi connectivity index (χ4n) is 3.69. The van der Waals surface area contributed by atoms with Gasteiger partial charge in [-0.3, -0.25) is 9.58 Å². The summed E-state index contributed by atoms with van der Waals surface area (Å²) in [6.07, 6.45) is 1.37. The largest absolute Gasteiger partial charge is 0.382 e. The number of aromatic nitrogens is 3. The third kappa shape index (κ3) is 3.52. The summed E-state index contributed by atoms with van der Waals surface area (Å²) in [6, 6.07) is 15.9. The van der Waals surface area contributed by atoms with Crippen molar-refractivity contribution in [3.05, 3.63) is 76.9 Å². The summed E-state index contributed by atoms with van der Waals surface area (Å²) in [6.45, 7) is 6.14. The Bertz CT molecular complexity index is 966. The van der Waals surface area contributed by atoms with Crippen LogP contribution in [0.3, 0.4) is 0 Å². The Hall–Kier alpha value is -2.88. The lowest BCUT2D eigenvalue weighted by atomic mass is 10.1. The van der Waals surface area contributed by atoms with Gasteiger partial charge in [-0.2, -0.15) is 10.4 Å². The number of fused-ring (bicyclic) bond motifs is 1. The summed E-state index contributed by atoms with van der Waals surface area (Å²) in [5.41, 5.74) is 4.53. The van der Waals surface area contributed by atoms with Crippen molar-refractivity contribution in [2.45, 2.75) is 39.2 Å². The molecule has 2 aromatic heterocycles. The van der Waals surface area contributed by atoms with Gasteiger partial charge in [0.25, 0.3) is 0 Å². The number of benzene rings is 1. The van der Waals surface area contributed by atoms with E-state index in [0.717, 1.165) is 49.5 Å². The molecular formula is C21H23N5O. The van der Waals surface area contributed by atoms with Crippen LogP contribution >= 0.6 is 0 Å². The molecule has 0 aliphatic carbocycles. The second-order valence-corrected chi connectivity index (χ2v) is 6.94. The molecule has 0 amide bonds. The van der Waals surface area contributed by atoms with Crippen LogP contribution in [0, 0.1) is 11.3 Å². The lowest BCUT2D eigenvalue weighted by molar-refractivity contribution is 0.200. The Labute approximate surface area is 158 Å². The smallest absolute Gasteiger partial charge is 0.123 e. The highest BCUT2D eigenvalue weighted by atomic mass is 16.3. The predicted octanol–water partition coefficient (Wildman–Crippen LogP) is 2.67. The molecule has 0 unspecified atom stereocenters. The van der Waals surface area contributed by atoms with E-state index in [1.165, 1.54) is 0 Å². The highest BCUT2D eigenvalue weighted by molar-refractivity contribution is 5.29. The van der Waals surface area contributed by atoms with Crippen LogP contribution in [-0.2, 0) is 26.2 Å². The molecule has 1 aliphatic heterocycles. The maximum absolute atomic E-state index is 10.6. The van der Waals surface area contributed by atoms with Crippen molar-refractivity contribution in [2.24, 2.45) is 0 Å². The minimum Gasteiger partial charge on any atom is -0.382 e. The Morgan fingerprint density at radius 3 is 2.74 bits per heavy atom. The summed E-state index contributed by atoms with van der Waals surface area (Å²) in [7, 11) is 0. The van der Waals surface area contributed by atoms with Crippen LogP contribution in [0.1, 0.15) is 41.2 Å². The summed E-state index contributed by atoms with van der Waals surface area (Å²) < 4.78 is 3.98. The SMILES string of the molecule is CCn1cc(CN2CCn3nc([C@H](O)c4ccccc4)cc3C2)cc1C#N. The molecule has 4 rings (SSSR count). The Morgan fingerprint density at radius 2 is 2.04 bits per heavy atom. The molecule has 138 valence electrons. The maximum atomic E-state index is 10.6. The lowest BCUT2D eigenvalue weighted by Crippen LogP contribution is -2.33. The van der Waals surface area contributed by atoms with Crippen LogP contribution in [-0.4, -0.2) is 30.9 Å². The van der Waals surface area contributed by atoms with Crippen molar-refractivity contribution in [1.29, 1.82) is 5.26 Å². The summed E-state index contributed by atoms with van der Waals surface area (Å²) in [4.78, 5) is 2.35. The number of aliphatic hydroxyl groups is 1. The maximum Gasteiger partial charge on any atom is 0.123 e. The Kier molecular flexibility index (Phi) is 4.80. The lowest BCUT2D eigenvalue weighted by Gasteiger charge is -2.27. The fourth-order valence-corrected chi connectivity index (χ4v) is 3.69. The first-order valence-corrected chi connectivity index (χ1v) is 9.29. The average Bonchev–Trinajstić information content (AvgIpc) is 3.31. The van der Waals surface area contributed by atoms with Crippen molar-refractivity contribution >= 4 is 0 Å². The van der Waals surface area contributed by atoms with E-state index in [1.807, 2.05) is 58.6 Å². The number of rotatable bonds is 5. The zero-order valence-electron chi connectivity index (χ0n) is 15.4. The molecule has 1 aromatic carbocycles. The Morgan fingerprint density at radius 1 is 1.22 bits per heavy atom. The van der Waals surface area contributed by atoms with Gasteiger partial charge < -0.3 is 9.67 Å². The molecular weight excluding hydrogens is 338 g/mol. The van der Waals surface area contributed by atoms with Crippen molar-refractivity contribution < 1.29 is 5.11 Å². The fraction of sp³-hybridized carbons (Fsp3) is 0.333. The molecule has 0 saturated heterocycles. The summed E-state index contributed by atoms with van der Waals surface area (Å²) in [5.74, 6) is 0. The molecule has 0 spiro atoms. The van der Waals surface area contributed by atoms with Gasteiger partial charge in [0.1, 0.15) is 17.9 Å². The van der Waals surface area contributed by atoms with Crippen LogP contribution in [0.25, 0.3) is 0 Å². The predicted molar refractivity (Wildman–Crippen MR) is 102 cm³/mol. The molecule has 27 heavy (non-hydrogen) atoms. The molecule has 1 aliphatic rings. The van der Waals surface area contributed by atoms with Gasteiger partial charge in [0, 0.05) is 32.4 Å². The first-order valence-electron chi connectivity index (χ1n) is 9.29. The number of nitriles is 1. The number of hydrogen-bond acceptors (Lipinski definition) is 4. The first kappa shape index (κ1) is 17.5. The molecule has 3 aromatic rings. The van der Waals surface area contributed by atoms with E-state index in [2.05, 4.69) is 22.3 Å². The van der Waals surface area contributed by atoms with E-state index in [9.17, 15) is 10.4 Å². The molecule has 6 nitrogen and oxygen atoms in total. The molecule has 1 N–H and O–H groups in total. The zero-order valence-corrected chi connectivity index (χ0v) is 15.4. The van der Waals surface area contributed by atoms with Crippen molar-refractivity contribution in [2.75, 3.05) is 6.54 Å². The molecule has 1 atom stereocenters. The molecule has 0 saturated carbocycles. The normalized spacial score (nSPS) is 15.3. The van der Waals surface area contributed by atoms with Crippen LogP contribution in [0.15, 0.2) is 48.7 Å². The minimum absolute atomic E-state index is 0.696. The summed E-state index contributed by atoms with van der Waals surface area (Å²) >= 11 is 0. The monoisotopic (exact) mass is 361 g/mol. The van der Waals surface area contributed by atoms with E-state index < -0.39 is 6.10 Å². The van der Waals surface area contributed by atoms with Crippen LogP contribution in [0.5, 0.6) is 0 Å². The van der Waals surface area contributed by atoms with E-state index in [1.54, 1.807) is 0 Å². The highest BCUT2D eigenvalue weighted by Crippen LogP contribution is 2.24. The molecule has 0 fully saturated rings. The van der Waals surface area contributed by atoms with Crippen LogP contribution in [0.4, 0.5) is 0 Å². The van der Waals surface area contributed by atoms with Gasteiger partial charge in [-0.25, -0.2) is 0 Å². The molecule has 0 radical (unpaired) electrons. The second kappa shape index (κ2) is 7.39. The topological polar surface area (TPSA) is 70.0 Å². The number of nitrogens with zero attached hydrogens (tertiary/aromatic N) is 5. The zero-order chi connectivity index (χ0) is 18.8. The molecule has 0 bridgehead atoms. The van der Waals surface area contributed by atoms with Gasteiger partial charge in [0.15, 0.2) is 0 Å². The number of hydrogen-bond donors (Lipinski definition) is 1. The van der Waals surface area contributed by atoms with Gasteiger partial charge >= 0.3 is 0 Å². The van der Waals surface area contributed by atoms with Crippen LogP contribution < -0.4 is 0 Å². The van der Waals surface area contributed by atoms with Crippen molar-refractivity contribution in [3.8, 4) is 6.07 Å². The van der Waals surface area contributed by atoms with Crippen molar-refractivity contribution in [1.82, 2.24) is 19.2 Å². The van der Waals surface area contributed by atoms with Gasteiger partial charge in [0.05, 0.1) is 17.9 Å². The van der Waals surface area contributed by atoms with E-state index >= 15 is 0 Å². The number of aryl methyl sites for hydroxylation is 1. The third-order valence-corrected chi connectivity index (χ3v) is 5.11. The quantitative estimate of drug-likeness (QED) is 0.758. The van der Waals surface area contributed by atoms with Gasteiger partial charge in [-0.15, -0.1) is 0 Å². The van der Waals surface area contributed by atoms with Gasteiger partial charge in [-0.1, -0.05) is 30.3 Å². The minimum atomic E-state index is -0.700. The first-order chi connectivity index (χ1) is 13.2. The van der Waals surface area contributed by atoms with Gasteiger partial charge in [-0.05, 0) is 30.2 Å². The van der Waals surface area contributed by atoms with E-state index in [4.69, 9.17) is 0 Å². The van der Waals surface area contributed by atoms with Gasteiger partial charge in [0.2, 0.25) is 0 Å². The van der Waals surface area contributed by atoms with Crippen LogP contribution in [0.2, 0.25) is 0 Å². The highest BCUT2D eigenvalue weighted by Gasteiger charge is 2.22. The number of aliphatic hydroxyl groups excluding tert-OH is 1. The Balaban J connectivity index is 1.48.